The van der Waals surface area contributed by atoms with Crippen molar-refractivity contribution in [2.75, 3.05) is 219 Å². The molecule has 0 fully saturated rings. The molecule has 0 unspecified atom stereocenters. The fourth-order valence-electron chi connectivity index (χ4n) is 8.92. The van der Waals surface area contributed by atoms with Gasteiger partial charge in [0.25, 0.3) is 0 Å². The summed E-state index contributed by atoms with van der Waals surface area (Å²) in [7, 11) is 6.09. The van der Waals surface area contributed by atoms with Crippen LogP contribution >= 0.6 is 0 Å². The van der Waals surface area contributed by atoms with Crippen LogP contribution < -0.4 is 0 Å². The molecule has 0 aliphatic heterocycles. The van der Waals surface area contributed by atoms with E-state index in [0.717, 1.165) is 155 Å². The number of Topliss-reactive ketones (excluding diaryl/α,β-unsaturated/α-hetero) is 6. The Balaban J connectivity index is -0.00000135. The van der Waals surface area contributed by atoms with E-state index in [-0.39, 0.29) is 5.78 Å². The van der Waals surface area contributed by atoms with Crippen LogP contribution in [0.3, 0.4) is 0 Å². The maximum Gasteiger partial charge on any atom is 0.135 e. The Morgan fingerprint density at radius 2 is 0.323 bits per heavy atom. The van der Waals surface area contributed by atoms with Crippen LogP contribution in [-0.2, 0) is 85.6 Å². The molecule has 0 amide bonds. The normalized spacial score (nSPS) is 11.4. The van der Waals surface area contributed by atoms with Gasteiger partial charge in [0.1, 0.15) is 34.7 Å². The molecule has 0 saturated carbocycles. The van der Waals surface area contributed by atoms with Gasteiger partial charge in [-0.2, -0.15) is 0 Å². The van der Waals surface area contributed by atoms with Crippen molar-refractivity contribution < 1.29 is 85.6 Å². The Bertz CT molecular complexity index is 1510. The molecule has 0 aromatic rings. The van der Waals surface area contributed by atoms with Gasteiger partial charge in [-0.05, 0) is 59.7 Å². The SMILES string of the molecule is CCCCCC(=O)CCOCCOCCN(C)CCOCCOCCC(=O)CCCCC.CCCCCC(=O)CCOCCOCCN(C)CCOCCOCCC(=O)CCCCC.CCCCCC(=O)CCOCCOCCOCCOCCN(C)CCC(=O)CCCCC. The first-order valence-corrected chi connectivity index (χ1v) is 37.9. The number of nitrogens with zero attached hydrogens (tertiary/aromatic N) is 3. The zero-order chi connectivity index (χ0) is 71.1. The Morgan fingerprint density at radius 3 is 0.500 bits per heavy atom. The number of likely N-dealkylation sites (N-methyl/N-ethyl adjacent to an activating group) is 3. The minimum atomic E-state index is 0.287. The van der Waals surface area contributed by atoms with Gasteiger partial charge in [0.2, 0.25) is 0 Å². The van der Waals surface area contributed by atoms with Gasteiger partial charge < -0.3 is 71.5 Å². The molecule has 21 heteroatoms. The first-order valence-electron chi connectivity index (χ1n) is 37.9. The van der Waals surface area contributed by atoms with Gasteiger partial charge in [-0.25, -0.2) is 0 Å². The van der Waals surface area contributed by atoms with Crippen LogP contribution in [0.5, 0.6) is 0 Å². The van der Waals surface area contributed by atoms with E-state index in [1.54, 1.807) is 0 Å². The molecule has 21 nitrogen and oxygen atoms in total. The van der Waals surface area contributed by atoms with Crippen molar-refractivity contribution in [3.8, 4) is 0 Å². The number of rotatable bonds is 78. The predicted octanol–water partition coefficient (Wildman–Crippen LogP) is 12.2. The van der Waals surface area contributed by atoms with Crippen molar-refractivity contribution in [1.82, 2.24) is 14.7 Å². The lowest BCUT2D eigenvalue weighted by Crippen LogP contribution is -2.28. The summed E-state index contributed by atoms with van der Waals surface area (Å²) < 4.78 is 66.1. The third-order valence-corrected chi connectivity index (χ3v) is 15.4. The summed E-state index contributed by atoms with van der Waals surface area (Å²) in [5.41, 5.74) is 0. The maximum absolute atomic E-state index is 11.8. The van der Waals surface area contributed by atoms with Crippen LogP contribution in [0.4, 0.5) is 0 Å². The molecule has 0 saturated heterocycles. The van der Waals surface area contributed by atoms with E-state index in [1.165, 1.54) is 0 Å². The van der Waals surface area contributed by atoms with Gasteiger partial charge in [-0.1, -0.05) is 119 Å². The van der Waals surface area contributed by atoms with Gasteiger partial charge >= 0.3 is 0 Å². The third kappa shape index (κ3) is 85.6. The largest absolute Gasteiger partial charge is 0.379 e. The fraction of sp³-hybridized carbons (Fsp3) is 0.920. The van der Waals surface area contributed by atoms with Crippen molar-refractivity contribution >= 4 is 34.7 Å². The van der Waals surface area contributed by atoms with E-state index in [2.05, 4.69) is 56.2 Å². The molecule has 0 atom stereocenters. The zero-order valence-corrected chi connectivity index (χ0v) is 63.1. The third-order valence-electron chi connectivity index (χ3n) is 15.4. The smallest absolute Gasteiger partial charge is 0.135 e. The van der Waals surface area contributed by atoms with E-state index >= 15 is 0 Å². The van der Waals surface area contributed by atoms with E-state index in [0.29, 0.717) is 265 Å². The molecule has 0 rings (SSSR count). The average molecular weight is 1380 g/mol. The lowest BCUT2D eigenvalue weighted by Gasteiger charge is -2.16. The first-order chi connectivity index (χ1) is 46.8. The Kier molecular flexibility index (Phi) is 84.5. The highest BCUT2D eigenvalue weighted by molar-refractivity contribution is 5.80. The van der Waals surface area contributed by atoms with Crippen LogP contribution in [0, 0.1) is 0 Å². The summed E-state index contributed by atoms with van der Waals surface area (Å²) >= 11 is 0. The molecule has 0 bridgehead atoms. The molecule has 0 aliphatic rings. The summed E-state index contributed by atoms with van der Waals surface area (Å²) in [4.78, 5) is 76.3. The molecule has 0 aromatic heterocycles. The highest BCUT2D eigenvalue weighted by Gasteiger charge is 2.09. The van der Waals surface area contributed by atoms with Crippen LogP contribution in [0.1, 0.15) is 234 Å². The Labute approximate surface area is 585 Å². The van der Waals surface area contributed by atoms with Crippen molar-refractivity contribution in [3.05, 3.63) is 0 Å². The molecule has 0 heterocycles. The second-order valence-electron chi connectivity index (χ2n) is 24.7. The molecular formula is C75H147N3O18. The monoisotopic (exact) mass is 1380 g/mol. The lowest BCUT2D eigenvalue weighted by atomic mass is 10.1. The van der Waals surface area contributed by atoms with Crippen molar-refractivity contribution in [1.29, 1.82) is 0 Å². The highest BCUT2D eigenvalue weighted by atomic mass is 16.6. The topological polar surface area (TPSA) is 223 Å². The second kappa shape index (κ2) is 83.1. The summed E-state index contributed by atoms with van der Waals surface area (Å²) in [5.74, 6) is 1.83. The van der Waals surface area contributed by atoms with Crippen molar-refractivity contribution in [2.45, 2.75) is 234 Å². The molecular weight excluding hydrogens is 1230 g/mol. The van der Waals surface area contributed by atoms with Crippen LogP contribution in [0.2, 0.25) is 0 Å². The number of ether oxygens (including phenoxy) is 12. The van der Waals surface area contributed by atoms with Gasteiger partial charge in [0, 0.05) is 116 Å². The molecule has 0 spiro atoms. The molecule has 0 radical (unpaired) electrons. The number of carbonyl (C=O) groups excluding carboxylic acids is 6. The maximum atomic E-state index is 11.8. The summed E-state index contributed by atoms with van der Waals surface area (Å²) in [5, 5.41) is 0. The summed E-state index contributed by atoms with van der Waals surface area (Å²) in [6.07, 6.45) is 26.8. The predicted molar refractivity (Wildman–Crippen MR) is 385 cm³/mol. The number of hydrogen-bond acceptors (Lipinski definition) is 21. The summed E-state index contributed by atoms with van der Waals surface area (Å²) in [6, 6.07) is 0. The minimum Gasteiger partial charge on any atom is -0.379 e. The minimum absolute atomic E-state index is 0.287. The number of hydrogen-bond donors (Lipinski definition) is 0. The van der Waals surface area contributed by atoms with Gasteiger partial charge in [-0.3, -0.25) is 28.8 Å². The number of carbonyl (C=O) groups is 6. The van der Waals surface area contributed by atoms with Crippen LogP contribution in [0.15, 0.2) is 0 Å². The van der Waals surface area contributed by atoms with E-state index in [4.69, 9.17) is 56.8 Å². The van der Waals surface area contributed by atoms with Gasteiger partial charge in [-0.15, -0.1) is 0 Å². The standard InChI is InChI=1S/3C25H49NO6/c2*1-4-6-8-10-24(27)12-16-29-20-22-31-18-14-26(3)15-19-32-23-21-30-17-13-25(28)11-9-7-5-2;1-4-6-8-10-24(27)12-14-26(3)15-17-30-19-21-32-23-22-31-20-18-29-16-13-25(28)11-9-7-5-2/h3*4-23H2,1-3H3. The average Bonchev–Trinajstić information content (AvgIpc) is 3.76. The Morgan fingerprint density at radius 1 is 0.177 bits per heavy atom. The molecule has 0 aliphatic carbocycles. The van der Waals surface area contributed by atoms with E-state index in [1.807, 2.05) is 21.1 Å². The van der Waals surface area contributed by atoms with Crippen molar-refractivity contribution in [2.24, 2.45) is 0 Å². The van der Waals surface area contributed by atoms with Crippen molar-refractivity contribution in [3.63, 3.8) is 0 Å². The quantitative estimate of drug-likeness (QED) is 0.0516. The zero-order valence-electron chi connectivity index (χ0n) is 63.1. The first kappa shape index (κ1) is 97.6. The lowest BCUT2D eigenvalue weighted by molar-refractivity contribution is -0.121. The fourth-order valence-corrected chi connectivity index (χ4v) is 8.92. The Hall–Kier alpha value is -2.58. The highest BCUT2D eigenvalue weighted by Crippen LogP contribution is 2.07. The van der Waals surface area contributed by atoms with Gasteiger partial charge in [0.15, 0.2) is 0 Å². The molecule has 570 valence electrons. The summed E-state index contributed by atoms with van der Waals surface area (Å²) in [6.45, 7) is 30.9. The number of ketones is 6. The van der Waals surface area contributed by atoms with E-state index < -0.39 is 0 Å². The van der Waals surface area contributed by atoms with Crippen LogP contribution in [0.25, 0.3) is 0 Å². The molecule has 96 heavy (non-hydrogen) atoms. The van der Waals surface area contributed by atoms with E-state index in [9.17, 15) is 28.8 Å². The van der Waals surface area contributed by atoms with Gasteiger partial charge in [0.05, 0.1) is 159 Å². The van der Waals surface area contributed by atoms with Crippen LogP contribution in [-0.4, -0.2) is 268 Å². The number of unbranched alkanes of at least 4 members (excludes halogenated alkanes) is 12. The molecule has 0 N–H and O–H groups in total. The second-order valence-corrected chi connectivity index (χ2v) is 24.7. The molecule has 0 aromatic carbocycles.